The molecule has 0 bridgehead atoms. The number of carbonyl (C=O) groups is 1. The lowest BCUT2D eigenvalue weighted by molar-refractivity contribution is -0.148. The lowest BCUT2D eigenvalue weighted by atomic mass is 9.73. The molecule has 0 radical (unpaired) electrons. The van der Waals surface area contributed by atoms with E-state index in [4.69, 9.17) is 16.3 Å². The van der Waals surface area contributed by atoms with Gasteiger partial charge in [0.15, 0.2) is 0 Å². The Kier molecular flexibility index (Phi) is 5.45. The largest absolute Gasteiger partial charge is 0.468 e. The molecule has 1 aliphatic heterocycles. The summed E-state index contributed by atoms with van der Waals surface area (Å²) in [4.78, 5) is 12.1. The number of hydrogen-bond acceptors (Lipinski definition) is 3. The maximum atomic E-state index is 12.1. The zero-order chi connectivity index (χ0) is 12.3. The molecule has 0 atom stereocenters. The zero-order valence-electron chi connectivity index (χ0n) is 10.2. The molecular weight excluding hydrogens is 273 g/mol. The number of hydrogen-bond donors (Lipinski definition) is 1. The number of benzene rings is 1. The highest BCUT2D eigenvalue weighted by Crippen LogP contribution is 2.35. The first kappa shape index (κ1) is 15.3. The first-order chi connectivity index (χ1) is 8.19. The number of rotatable bonds is 2. The molecular formula is C13H17Cl2NO2. The monoisotopic (exact) mass is 289 g/mol. The van der Waals surface area contributed by atoms with Crippen molar-refractivity contribution in [3.63, 3.8) is 0 Å². The van der Waals surface area contributed by atoms with E-state index in [1.165, 1.54) is 7.11 Å². The first-order valence-corrected chi connectivity index (χ1v) is 6.12. The molecule has 1 N–H and O–H groups in total. The number of carbonyl (C=O) groups excluding carboxylic acids is 1. The summed E-state index contributed by atoms with van der Waals surface area (Å²) in [5.74, 6) is -0.165. The Hall–Kier alpha value is -0.770. The summed E-state index contributed by atoms with van der Waals surface area (Å²) in [6, 6.07) is 7.51. The summed E-state index contributed by atoms with van der Waals surface area (Å²) in [6.45, 7) is 1.64. The summed E-state index contributed by atoms with van der Waals surface area (Å²) < 4.78 is 4.98. The maximum absolute atomic E-state index is 12.1. The predicted molar refractivity (Wildman–Crippen MR) is 74.5 cm³/mol. The Labute approximate surface area is 118 Å². The molecule has 0 aliphatic carbocycles. The number of methoxy groups -OCH3 is 1. The second-order valence-corrected chi connectivity index (χ2v) is 4.77. The zero-order valence-corrected chi connectivity index (χ0v) is 11.8. The Balaban J connectivity index is 0.00000162. The van der Waals surface area contributed by atoms with Crippen molar-refractivity contribution >= 4 is 30.0 Å². The summed E-state index contributed by atoms with van der Waals surface area (Å²) >= 11 is 6.01. The van der Waals surface area contributed by atoms with Gasteiger partial charge in [0.1, 0.15) is 0 Å². The SMILES string of the molecule is COC(=O)C1(c2cccc(Cl)c2)CCNCC1.Cl. The minimum Gasteiger partial charge on any atom is -0.468 e. The molecule has 0 saturated carbocycles. The molecule has 2 rings (SSSR count). The molecule has 0 spiro atoms. The normalized spacial score (nSPS) is 17.7. The first-order valence-electron chi connectivity index (χ1n) is 5.74. The van der Waals surface area contributed by atoms with Gasteiger partial charge in [-0.1, -0.05) is 23.7 Å². The van der Waals surface area contributed by atoms with Crippen LogP contribution in [0.2, 0.25) is 5.02 Å². The molecule has 18 heavy (non-hydrogen) atoms. The van der Waals surface area contributed by atoms with Crippen LogP contribution in [0.3, 0.4) is 0 Å². The van der Waals surface area contributed by atoms with Gasteiger partial charge in [-0.05, 0) is 43.6 Å². The Morgan fingerprint density at radius 1 is 1.39 bits per heavy atom. The molecule has 1 aromatic carbocycles. The van der Waals surface area contributed by atoms with Gasteiger partial charge in [0, 0.05) is 5.02 Å². The lowest BCUT2D eigenvalue weighted by Gasteiger charge is -2.35. The van der Waals surface area contributed by atoms with Crippen molar-refractivity contribution in [3.8, 4) is 0 Å². The van der Waals surface area contributed by atoms with Crippen LogP contribution in [0.15, 0.2) is 24.3 Å². The average Bonchev–Trinajstić information content (AvgIpc) is 2.38. The van der Waals surface area contributed by atoms with Crippen molar-refractivity contribution < 1.29 is 9.53 Å². The molecule has 1 aliphatic rings. The van der Waals surface area contributed by atoms with Gasteiger partial charge in [-0.2, -0.15) is 0 Å². The highest BCUT2D eigenvalue weighted by molar-refractivity contribution is 6.30. The van der Waals surface area contributed by atoms with Gasteiger partial charge in [-0.25, -0.2) is 0 Å². The van der Waals surface area contributed by atoms with E-state index >= 15 is 0 Å². The number of esters is 1. The molecule has 1 fully saturated rings. The van der Waals surface area contributed by atoms with Gasteiger partial charge in [0.2, 0.25) is 0 Å². The summed E-state index contributed by atoms with van der Waals surface area (Å²) in [7, 11) is 1.44. The quantitative estimate of drug-likeness (QED) is 0.851. The Morgan fingerprint density at radius 3 is 2.61 bits per heavy atom. The third-order valence-electron chi connectivity index (χ3n) is 3.41. The van der Waals surface area contributed by atoms with Crippen molar-refractivity contribution in [2.75, 3.05) is 20.2 Å². The van der Waals surface area contributed by atoms with Crippen molar-refractivity contribution in [1.82, 2.24) is 5.32 Å². The number of ether oxygens (including phenoxy) is 1. The van der Waals surface area contributed by atoms with Gasteiger partial charge in [0.25, 0.3) is 0 Å². The fourth-order valence-corrected chi connectivity index (χ4v) is 2.64. The fraction of sp³-hybridized carbons (Fsp3) is 0.462. The maximum Gasteiger partial charge on any atom is 0.316 e. The van der Waals surface area contributed by atoms with Crippen LogP contribution < -0.4 is 5.32 Å². The second kappa shape index (κ2) is 6.41. The van der Waals surface area contributed by atoms with E-state index in [1.807, 2.05) is 24.3 Å². The Morgan fingerprint density at radius 2 is 2.06 bits per heavy atom. The van der Waals surface area contributed by atoms with Crippen LogP contribution in [-0.4, -0.2) is 26.2 Å². The van der Waals surface area contributed by atoms with Crippen molar-refractivity contribution in [1.29, 1.82) is 0 Å². The van der Waals surface area contributed by atoms with Crippen molar-refractivity contribution in [2.45, 2.75) is 18.3 Å². The minimum absolute atomic E-state index is 0. The highest BCUT2D eigenvalue weighted by Gasteiger charge is 2.42. The molecule has 5 heteroatoms. The molecule has 3 nitrogen and oxygen atoms in total. The third-order valence-corrected chi connectivity index (χ3v) is 3.65. The van der Waals surface area contributed by atoms with Crippen LogP contribution in [0.5, 0.6) is 0 Å². The van der Waals surface area contributed by atoms with Crippen LogP contribution in [-0.2, 0) is 14.9 Å². The summed E-state index contributed by atoms with van der Waals surface area (Å²) in [6.07, 6.45) is 1.50. The van der Waals surface area contributed by atoms with E-state index in [-0.39, 0.29) is 18.4 Å². The molecule has 0 unspecified atom stereocenters. The van der Waals surface area contributed by atoms with E-state index < -0.39 is 5.41 Å². The van der Waals surface area contributed by atoms with Crippen LogP contribution in [0.1, 0.15) is 18.4 Å². The molecule has 0 amide bonds. The average molecular weight is 290 g/mol. The van der Waals surface area contributed by atoms with Gasteiger partial charge >= 0.3 is 5.97 Å². The van der Waals surface area contributed by atoms with E-state index in [9.17, 15) is 4.79 Å². The van der Waals surface area contributed by atoms with E-state index in [1.54, 1.807) is 0 Å². The topological polar surface area (TPSA) is 38.3 Å². The minimum atomic E-state index is -0.537. The van der Waals surface area contributed by atoms with Crippen LogP contribution >= 0.6 is 24.0 Å². The van der Waals surface area contributed by atoms with E-state index in [2.05, 4.69) is 5.32 Å². The molecule has 100 valence electrons. The summed E-state index contributed by atoms with van der Waals surface area (Å²) in [5.41, 5.74) is 0.420. The van der Waals surface area contributed by atoms with E-state index in [0.717, 1.165) is 31.5 Å². The van der Waals surface area contributed by atoms with Gasteiger partial charge < -0.3 is 10.1 Å². The Bertz CT molecular complexity index is 417. The number of halogens is 2. The van der Waals surface area contributed by atoms with E-state index in [0.29, 0.717) is 5.02 Å². The van der Waals surface area contributed by atoms with Crippen molar-refractivity contribution in [2.24, 2.45) is 0 Å². The lowest BCUT2D eigenvalue weighted by Crippen LogP contribution is -2.46. The summed E-state index contributed by atoms with van der Waals surface area (Å²) in [5, 5.41) is 3.92. The van der Waals surface area contributed by atoms with Crippen LogP contribution in [0, 0.1) is 0 Å². The van der Waals surface area contributed by atoms with Gasteiger partial charge in [-0.15, -0.1) is 12.4 Å². The smallest absolute Gasteiger partial charge is 0.316 e. The fourth-order valence-electron chi connectivity index (χ4n) is 2.45. The molecule has 0 aromatic heterocycles. The standard InChI is InChI=1S/C13H16ClNO2.ClH/c1-17-12(16)13(5-7-15-8-6-13)10-3-2-4-11(14)9-10;/h2-4,9,15H,5-8H2,1H3;1H. The molecule has 1 heterocycles. The highest BCUT2D eigenvalue weighted by atomic mass is 35.5. The van der Waals surface area contributed by atoms with Crippen LogP contribution in [0.25, 0.3) is 0 Å². The molecule has 1 saturated heterocycles. The van der Waals surface area contributed by atoms with Crippen molar-refractivity contribution in [3.05, 3.63) is 34.9 Å². The van der Waals surface area contributed by atoms with Gasteiger partial charge in [-0.3, -0.25) is 4.79 Å². The third kappa shape index (κ3) is 2.79. The second-order valence-electron chi connectivity index (χ2n) is 4.33. The van der Waals surface area contributed by atoms with Crippen LogP contribution in [0.4, 0.5) is 0 Å². The number of nitrogens with one attached hydrogen (secondary N) is 1. The van der Waals surface area contributed by atoms with Gasteiger partial charge in [0.05, 0.1) is 12.5 Å². The molecule has 1 aromatic rings. The number of piperidine rings is 1. The predicted octanol–water partition coefficient (Wildman–Crippen LogP) is 2.56.